The summed E-state index contributed by atoms with van der Waals surface area (Å²) in [5.74, 6) is 0.331. The van der Waals surface area contributed by atoms with Gasteiger partial charge in [-0.1, -0.05) is 45.7 Å². The second kappa shape index (κ2) is 8.29. The van der Waals surface area contributed by atoms with Crippen LogP contribution in [0.1, 0.15) is 40.5 Å². The van der Waals surface area contributed by atoms with E-state index in [1.165, 1.54) is 12.1 Å². The first kappa shape index (κ1) is 19.4. The van der Waals surface area contributed by atoms with Crippen molar-refractivity contribution >= 4 is 21.6 Å². The van der Waals surface area contributed by atoms with Crippen LogP contribution in [0.25, 0.3) is 0 Å². The van der Waals surface area contributed by atoms with E-state index in [4.69, 9.17) is 11.6 Å². The molecule has 0 aliphatic carbocycles. The molecular weight excluding hydrogens is 322 g/mol. The van der Waals surface area contributed by atoms with Crippen LogP contribution in [0.15, 0.2) is 29.2 Å². The van der Waals surface area contributed by atoms with Crippen LogP contribution in [0.2, 0.25) is 5.02 Å². The number of benzene rings is 1. The summed E-state index contributed by atoms with van der Waals surface area (Å²) in [7, 11) is -3.68. The molecule has 1 rings (SSSR count). The van der Waals surface area contributed by atoms with Crippen molar-refractivity contribution in [3.63, 3.8) is 0 Å². The van der Waals surface area contributed by atoms with Gasteiger partial charge >= 0.3 is 0 Å². The summed E-state index contributed by atoms with van der Waals surface area (Å²) < 4.78 is 27.7. The highest BCUT2D eigenvalue weighted by Crippen LogP contribution is 2.21. The minimum absolute atomic E-state index is 0.0378. The highest BCUT2D eigenvalue weighted by atomic mass is 35.5. The van der Waals surface area contributed by atoms with Gasteiger partial charge in [0, 0.05) is 5.02 Å². The van der Waals surface area contributed by atoms with Crippen LogP contribution in [0.3, 0.4) is 0 Å². The predicted octanol–water partition coefficient (Wildman–Crippen LogP) is 3.44. The minimum Gasteiger partial charge on any atom is -0.391 e. The van der Waals surface area contributed by atoms with Gasteiger partial charge in [0.2, 0.25) is 10.0 Å². The van der Waals surface area contributed by atoms with Gasteiger partial charge < -0.3 is 5.11 Å². The largest absolute Gasteiger partial charge is 0.391 e. The molecule has 0 amide bonds. The van der Waals surface area contributed by atoms with Gasteiger partial charge in [-0.2, -0.15) is 0 Å². The number of halogens is 1. The molecule has 0 heterocycles. The van der Waals surface area contributed by atoms with E-state index in [1.54, 1.807) is 12.1 Å². The van der Waals surface area contributed by atoms with Crippen LogP contribution in [0.4, 0.5) is 0 Å². The molecule has 0 fully saturated rings. The van der Waals surface area contributed by atoms with E-state index in [0.29, 0.717) is 17.4 Å². The van der Waals surface area contributed by atoms with Crippen molar-refractivity contribution in [3.8, 4) is 0 Å². The standard InChI is InChI=1S/C16H26ClNO3S/c1-5-12(4)16(15(19)10-11(2)3)18-22(20,21)14-8-6-13(17)7-9-14/h6-9,11-12,15-16,18-19H,5,10H2,1-4H3/t12-,15?,16-/m0/s1. The first-order valence-corrected chi connectivity index (χ1v) is 9.49. The van der Waals surface area contributed by atoms with E-state index >= 15 is 0 Å². The minimum atomic E-state index is -3.68. The smallest absolute Gasteiger partial charge is 0.240 e. The van der Waals surface area contributed by atoms with Crippen molar-refractivity contribution in [1.82, 2.24) is 4.72 Å². The average Bonchev–Trinajstić information content (AvgIpc) is 2.43. The van der Waals surface area contributed by atoms with Gasteiger partial charge in [0.05, 0.1) is 17.0 Å². The van der Waals surface area contributed by atoms with Crippen LogP contribution in [-0.4, -0.2) is 25.7 Å². The molecule has 0 spiro atoms. The zero-order valence-electron chi connectivity index (χ0n) is 13.6. The third-order valence-corrected chi connectivity index (χ3v) is 5.53. The Labute approximate surface area is 138 Å². The van der Waals surface area contributed by atoms with Crippen molar-refractivity contribution in [1.29, 1.82) is 0 Å². The SMILES string of the molecule is CC[C@H](C)[C@H](NS(=O)(=O)c1ccc(Cl)cc1)C(O)CC(C)C. The Bertz CT molecular complexity index is 557. The number of hydrogen-bond acceptors (Lipinski definition) is 3. The van der Waals surface area contributed by atoms with Crippen LogP contribution in [0, 0.1) is 11.8 Å². The van der Waals surface area contributed by atoms with Gasteiger partial charge in [-0.05, 0) is 42.5 Å². The molecule has 6 heteroatoms. The van der Waals surface area contributed by atoms with Crippen molar-refractivity contribution in [3.05, 3.63) is 29.3 Å². The van der Waals surface area contributed by atoms with Gasteiger partial charge in [-0.25, -0.2) is 13.1 Å². The van der Waals surface area contributed by atoms with E-state index in [1.807, 2.05) is 27.7 Å². The molecule has 2 N–H and O–H groups in total. The number of hydrogen-bond donors (Lipinski definition) is 2. The molecule has 0 bridgehead atoms. The summed E-state index contributed by atoms with van der Waals surface area (Å²) in [5, 5.41) is 10.9. The molecule has 126 valence electrons. The Morgan fingerprint density at radius 1 is 1.18 bits per heavy atom. The number of nitrogens with one attached hydrogen (secondary N) is 1. The predicted molar refractivity (Wildman–Crippen MR) is 90.5 cm³/mol. The highest BCUT2D eigenvalue weighted by Gasteiger charge is 2.29. The Morgan fingerprint density at radius 2 is 1.73 bits per heavy atom. The monoisotopic (exact) mass is 347 g/mol. The number of rotatable bonds is 8. The summed E-state index contributed by atoms with van der Waals surface area (Å²) in [6, 6.07) is 5.51. The van der Waals surface area contributed by atoms with Gasteiger partial charge in [0.1, 0.15) is 0 Å². The fourth-order valence-electron chi connectivity index (χ4n) is 2.32. The molecular formula is C16H26ClNO3S. The summed E-state index contributed by atoms with van der Waals surface area (Å²) in [6.45, 7) is 7.93. The van der Waals surface area contributed by atoms with Crippen molar-refractivity contribution in [2.24, 2.45) is 11.8 Å². The van der Waals surface area contributed by atoms with Gasteiger partial charge in [-0.15, -0.1) is 0 Å². The molecule has 22 heavy (non-hydrogen) atoms. The van der Waals surface area contributed by atoms with Crippen molar-refractivity contribution in [2.45, 2.75) is 57.6 Å². The van der Waals surface area contributed by atoms with Crippen LogP contribution < -0.4 is 4.72 Å². The van der Waals surface area contributed by atoms with Crippen molar-refractivity contribution < 1.29 is 13.5 Å². The lowest BCUT2D eigenvalue weighted by Crippen LogP contribution is -2.47. The third kappa shape index (κ3) is 5.54. The quantitative estimate of drug-likeness (QED) is 0.757. The molecule has 0 radical (unpaired) electrons. The zero-order valence-corrected chi connectivity index (χ0v) is 15.2. The van der Waals surface area contributed by atoms with Crippen molar-refractivity contribution in [2.75, 3.05) is 0 Å². The molecule has 0 saturated heterocycles. The Balaban J connectivity index is 2.99. The van der Waals surface area contributed by atoms with Crippen LogP contribution in [-0.2, 0) is 10.0 Å². The first-order chi connectivity index (χ1) is 10.2. The lowest BCUT2D eigenvalue weighted by atomic mass is 9.91. The topological polar surface area (TPSA) is 66.4 Å². The van der Waals surface area contributed by atoms with Crippen LogP contribution in [0.5, 0.6) is 0 Å². The lowest BCUT2D eigenvalue weighted by molar-refractivity contribution is 0.0910. The first-order valence-electron chi connectivity index (χ1n) is 7.63. The molecule has 4 nitrogen and oxygen atoms in total. The maximum atomic E-state index is 12.5. The van der Waals surface area contributed by atoms with Gasteiger partial charge in [0.25, 0.3) is 0 Å². The molecule has 0 aromatic heterocycles. The van der Waals surface area contributed by atoms with E-state index in [9.17, 15) is 13.5 Å². The fraction of sp³-hybridized carbons (Fsp3) is 0.625. The molecule has 1 aromatic carbocycles. The summed E-state index contributed by atoms with van der Waals surface area (Å²) in [5.41, 5.74) is 0. The number of aliphatic hydroxyl groups is 1. The molecule has 0 saturated carbocycles. The molecule has 0 aliphatic heterocycles. The van der Waals surface area contributed by atoms with Gasteiger partial charge in [0.15, 0.2) is 0 Å². The second-order valence-corrected chi connectivity index (χ2v) is 8.33. The molecule has 1 unspecified atom stereocenters. The summed E-state index contributed by atoms with van der Waals surface area (Å²) in [4.78, 5) is 0.155. The van der Waals surface area contributed by atoms with E-state index < -0.39 is 22.2 Å². The highest BCUT2D eigenvalue weighted by molar-refractivity contribution is 7.89. The maximum Gasteiger partial charge on any atom is 0.240 e. The maximum absolute atomic E-state index is 12.5. The number of aliphatic hydroxyl groups excluding tert-OH is 1. The summed E-state index contributed by atoms with van der Waals surface area (Å²) >= 11 is 5.79. The Morgan fingerprint density at radius 3 is 2.18 bits per heavy atom. The Hall–Kier alpha value is -0.620. The van der Waals surface area contributed by atoms with Crippen LogP contribution >= 0.6 is 11.6 Å². The Kier molecular flexibility index (Phi) is 7.32. The zero-order chi connectivity index (χ0) is 16.9. The van der Waals surface area contributed by atoms with Gasteiger partial charge in [-0.3, -0.25) is 0 Å². The summed E-state index contributed by atoms with van der Waals surface area (Å²) in [6.07, 6.45) is 0.623. The van der Waals surface area contributed by atoms with E-state index in [0.717, 1.165) is 6.42 Å². The number of sulfonamides is 1. The normalized spacial score (nSPS) is 16.5. The molecule has 1 aromatic rings. The third-order valence-electron chi connectivity index (χ3n) is 3.80. The lowest BCUT2D eigenvalue weighted by Gasteiger charge is -2.29. The molecule has 0 aliphatic rings. The second-order valence-electron chi connectivity index (χ2n) is 6.18. The molecule has 3 atom stereocenters. The fourth-order valence-corrected chi connectivity index (χ4v) is 3.82. The van der Waals surface area contributed by atoms with E-state index in [2.05, 4.69) is 4.72 Å². The van der Waals surface area contributed by atoms with E-state index in [-0.39, 0.29) is 10.8 Å². The average molecular weight is 348 g/mol.